The lowest BCUT2D eigenvalue weighted by atomic mass is 10.2. The highest BCUT2D eigenvalue weighted by Gasteiger charge is 2.19. The van der Waals surface area contributed by atoms with E-state index in [1.165, 1.54) is 18.3 Å². The minimum Gasteiger partial charge on any atom is -0.280 e. The number of sulfonamides is 1. The van der Waals surface area contributed by atoms with Gasteiger partial charge in [0.2, 0.25) is 0 Å². The summed E-state index contributed by atoms with van der Waals surface area (Å²) in [5.41, 5.74) is 1.44. The Hall–Kier alpha value is -1.99. The predicted molar refractivity (Wildman–Crippen MR) is 91.4 cm³/mol. The number of nitrogens with zero attached hydrogens (tertiary/aromatic N) is 1. The summed E-state index contributed by atoms with van der Waals surface area (Å²) in [6.45, 7) is 1.90. The van der Waals surface area contributed by atoms with Crippen molar-refractivity contribution in [3.63, 3.8) is 0 Å². The molecule has 1 heterocycles. The molecule has 0 unspecified atom stereocenters. The first-order chi connectivity index (χ1) is 10.9. The van der Waals surface area contributed by atoms with Crippen LogP contribution in [0, 0.1) is 12.7 Å². The van der Waals surface area contributed by atoms with Crippen LogP contribution in [0.5, 0.6) is 0 Å². The van der Waals surface area contributed by atoms with Crippen LogP contribution >= 0.6 is 15.9 Å². The van der Waals surface area contributed by atoms with E-state index >= 15 is 0 Å². The summed E-state index contributed by atoms with van der Waals surface area (Å²) in [5, 5.41) is 0.242. The summed E-state index contributed by atoms with van der Waals surface area (Å²) < 4.78 is 42.4. The molecule has 0 aliphatic rings. The molecule has 0 saturated heterocycles. The molecule has 3 rings (SSSR count). The van der Waals surface area contributed by atoms with Crippen LogP contribution in [0.4, 0.5) is 10.1 Å². The molecule has 0 atom stereocenters. The van der Waals surface area contributed by atoms with E-state index in [-0.39, 0.29) is 15.8 Å². The number of fused-ring (bicyclic) bond motifs is 1. The number of pyridine rings is 1. The third kappa shape index (κ3) is 3.07. The van der Waals surface area contributed by atoms with Crippen LogP contribution in [0.15, 0.2) is 58.0 Å². The zero-order valence-corrected chi connectivity index (χ0v) is 14.4. The normalized spacial score (nSPS) is 11.6. The monoisotopic (exact) mass is 394 g/mol. The van der Waals surface area contributed by atoms with Gasteiger partial charge in [0, 0.05) is 21.7 Å². The molecule has 0 fully saturated rings. The van der Waals surface area contributed by atoms with Crippen molar-refractivity contribution in [2.45, 2.75) is 11.8 Å². The lowest BCUT2D eigenvalue weighted by molar-refractivity contribution is 0.601. The minimum atomic E-state index is -3.86. The molecule has 0 bridgehead atoms. The van der Waals surface area contributed by atoms with Gasteiger partial charge < -0.3 is 0 Å². The summed E-state index contributed by atoms with van der Waals surface area (Å²) >= 11 is 3.36. The molecule has 0 spiro atoms. The topological polar surface area (TPSA) is 59.1 Å². The number of hydrogen-bond donors (Lipinski definition) is 1. The van der Waals surface area contributed by atoms with Gasteiger partial charge in [0.15, 0.2) is 0 Å². The first kappa shape index (κ1) is 15.9. The van der Waals surface area contributed by atoms with E-state index < -0.39 is 15.8 Å². The molecular weight excluding hydrogens is 383 g/mol. The standard InChI is InChI=1S/C16H12BrFN2O2S/c1-10-4-5-11(9-13(10)17)20-23(21,22)15-7-6-14(18)16-12(15)3-2-8-19-16/h2-9,20H,1H3. The number of benzene rings is 2. The average Bonchev–Trinajstić information content (AvgIpc) is 2.51. The maximum absolute atomic E-state index is 13.8. The number of aryl methyl sites for hydroxylation is 1. The Morgan fingerprint density at radius 3 is 2.70 bits per heavy atom. The van der Waals surface area contributed by atoms with Crippen molar-refractivity contribution in [3.05, 3.63) is 64.5 Å². The molecule has 0 amide bonds. The summed E-state index contributed by atoms with van der Waals surface area (Å²) in [6, 6.07) is 10.6. The molecule has 0 aliphatic carbocycles. The van der Waals surface area contributed by atoms with Crippen LogP contribution < -0.4 is 4.72 Å². The molecule has 0 radical (unpaired) electrons. The Balaban J connectivity index is 2.10. The number of anilines is 1. The van der Waals surface area contributed by atoms with E-state index in [9.17, 15) is 12.8 Å². The fraction of sp³-hybridized carbons (Fsp3) is 0.0625. The van der Waals surface area contributed by atoms with Crippen molar-refractivity contribution in [1.29, 1.82) is 0 Å². The third-order valence-electron chi connectivity index (χ3n) is 3.39. The zero-order chi connectivity index (χ0) is 16.6. The van der Waals surface area contributed by atoms with Crippen molar-refractivity contribution in [1.82, 2.24) is 4.98 Å². The number of aromatic nitrogens is 1. The maximum Gasteiger partial charge on any atom is 0.262 e. The quantitative estimate of drug-likeness (QED) is 0.722. The highest BCUT2D eigenvalue weighted by molar-refractivity contribution is 9.10. The SMILES string of the molecule is Cc1ccc(NS(=O)(=O)c2ccc(F)c3ncccc23)cc1Br. The fourth-order valence-electron chi connectivity index (χ4n) is 2.21. The second kappa shape index (κ2) is 5.90. The van der Waals surface area contributed by atoms with E-state index in [4.69, 9.17) is 0 Å². The van der Waals surface area contributed by atoms with Gasteiger partial charge in [-0.05, 0) is 48.9 Å². The molecule has 4 nitrogen and oxygen atoms in total. The Morgan fingerprint density at radius 1 is 1.17 bits per heavy atom. The molecule has 7 heteroatoms. The van der Waals surface area contributed by atoms with Crippen LogP contribution in [0.1, 0.15) is 5.56 Å². The Labute approximate surface area is 141 Å². The minimum absolute atomic E-state index is 0.0151. The number of hydrogen-bond acceptors (Lipinski definition) is 3. The van der Waals surface area contributed by atoms with Gasteiger partial charge in [-0.25, -0.2) is 12.8 Å². The summed E-state index contributed by atoms with van der Waals surface area (Å²) in [6.07, 6.45) is 1.42. The van der Waals surface area contributed by atoms with Crippen LogP contribution in [-0.2, 0) is 10.0 Å². The number of rotatable bonds is 3. The Kier molecular flexibility index (Phi) is 4.08. The largest absolute Gasteiger partial charge is 0.280 e. The van der Waals surface area contributed by atoms with Crippen LogP contribution in [0.2, 0.25) is 0 Å². The molecule has 0 saturated carbocycles. The van der Waals surface area contributed by atoms with Gasteiger partial charge in [0.25, 0.3) is 10.0 Å². The van der Waals surface area contributed by atoms with Gasteiger partial charge in [-0.1, -0.05) is 22.0 Å². The Morgan fingerprint density at radius 2 is 1.96 bits per heavy atom. The Bertz CT molecular complexity index is 1010. The molecule has 3 aromatic rings. The highest BCUT2D eigenvalue weighted by Crippen LogP contribution is 2.27. The number of halogens is 2. The van der Waals surface area contributed by atoms with Crippen molar-refractivity contribution in [2.24, 2.45) is 0 Å². The molecule has 1 aromatic heterocycles. The number of nitrogens with one attached hydrogen (secondary N) is 1. The van der Waals surface area contributed by atoms with E-state index in [0.717, 1.165) is 16.1 Å². The van der Waals surface area contributed by atoms with Gasteiger partial charge in [-0.15, -0.1) is 0 Å². The molecule has 23 heavy (non-hydrogen) atoms. The third-order valence-corrected chi connectivity index (χ3v) is 5.69. The van der Waals surface area contributed by atoms with Gasteiger partial charge in [0.1, 0.15) is 11.3 Å². The highest BCUT2D eigenvalue weighted by atomic mass is 79.9. The van der Waals surface area contributed by atoms with Gasteiger partial charge in [0.05, 0.1) is 4.90 Å². The second-order valence-corrected chi connectivity index (χ2v) is 7.52. The van der Waals surface area contributed by atoms with Gasteiger partial charge in [-0.3, -0.25) is 9.71 Å². The van der Waals surface area contributed by atoms with Crippen LogP contribution in [0.25, 0.3) is 10.9 Å². The molecule has 1 N–H and O–H groups in total. The van der Waals surface area contributed by atoms with E-state index in [1.54, 1.807) is 24.3 Å². The zero-order valence-electron chi connectivity index (χ0n) is 12.0. The van der Waals surface area contributed by atoms with Crippen LogP contribution in [0.3, 0.4) is 0 Å². The molecule has 118 valence electrons. The lowest BCUT2D eigenvalue weighted by Crippen LogP contribution is -2.13. The van der Waals surface area contributed by atoms with E-state index in [0.29, 0.717) is 5.69 Å². The summed E-state index contributed by atoms with van der Waals surface area (Å²) in [7, 11) is -3.86. The van der Waals surface area contributed by atoms with Crippen molar-refractivity contribution in [3.8, 4) is 0 Å². The first-order valence-corrected chi connectivity index (χ1v) is 8.98. The fourth-order valence-corrected chi connectivity index (χ4v) is 3.84. The average molecular weight is 395 g/mol. The summed E-state index contributed by atoms with van der Waals surface area (Å²) in [4.78, 5) is 3.90. The van der Waals surface area contributed by atoms with Crippen molar-refractivity contribution >= 4 is 42.5 Å². The second-order valence-electron chi connectivity index (χ2n) is 5.01. The van der Waals surface area contributed by atoms with E-state index in [1.807, 2.05) is 6.92 Å². The first-order valence-electron chi connectivity index (χ1n) is 6.71. The lowest BCUT2D eigenvalue weighted by Gasteiger charge is -2.11. The smallest absolute Gasteiger partial charge is 0.262 e. The molecular formula is C16H12BrFN2O2S. The molecule has 2 aromatic carbocycles. The molecule has 0 aliphatic heterocycles. The van der Waals surface area contributed by atoms with Gasteiger partial charge in [-0.2, -0.15) is 0 Å². The van der Waals surface area contributed by atoms with Crippen molar-refractivity contribution < 1.29 is 12.8 Å². The van der Waals surface area contributed by atoms with Crippen LogP contribution in [-0.4, -0.2) is 13.4 Å². The maximum atomic E-state index is 13.8. The predicted octanol–water partition coefficient (Wildman–Crippen LogP) is 4.25. The van der Waals surface area contributed by atoms with Crippen molar-refractivity contribution in [2.75, 3.05) is 4.72 Å². The van der Waals surface area contributed by atoms with Gasteiger partial charge >= 0.3 is 0 Å². The summed E-state index contributed by atoms with van der Waals surface area (Å²) in [5.74, 6) is -0.558. The van der Waals surface area contributed by atoms with E-state index in [2.05, 4.69) is 25.6 Å².